The van der Waals surface area contributed by atoms with Gasteiger partial charge in [-0.3, -0.25) is 4.79 Å². The Hall–Kier alpha value is -3.27. The van der Waals surface area contributed by atoms with E-state index in [-0.39, 0.29) is 48.2 Å². The van der Waals surface area contributed by atoms with Gasteiger partial charge in [0, 0.05) is 45.4 Å². The first-order chi connectivity index (χ1) is 18.3. The molecule has 0 saturated carbocycles. The van der Waals surface area contributed by atoms with E-state index in [1.54, 1.807) is 17.9 Å². The number of likely N-dealkylation sites (tertiary alicyclic amines) is 1. The Morgan fingerprint density at radius 1 is 1.16 bits per heavy atom. The number of ketones is 1. The highest BCUT2D eigenvalue weighted by Crippen LogP contribution is 2.31. The predicted octanol–water partition coefficient (Wildman–Crippen LogP) is 5.18. The van der Waals surface area contributed by atoms with Crippen LogP contribution in [0.5, 0.6) is 17.5 Å². The monoisotopic (exact) mass is 529 g/mol. The fourth-order valence-electron chi connectivity index (χ4n) is 4.58. The molecule has 1 aromatic heterocycles. The molecule has 4 rings (SSSR count). The number of amides is 1. The lowest BCUT2D eigenvalue weighted by Crippen LogP contribution is -2.42. The molecule has 1 atom stereocenters. The van der Waals surface area contributed by atoms with Crippen LogP contribution in [0.15, 0.2) is 24.5 Å². The number of nitrogens with zero attached hydrogens (tertiary/aromatic N) is 3. The van der Waals surface area contributed by atoms with Gasteiger partial charge in [0.05, 0.1) is 17.8 Å². The van der Waals surface area contributed by atoms with E-state index in [1.165, 1.54) is 18.5 Å². The number of rotatable bonds is 10. The molecule has 10 heteroatoms. The van der Waals surface area contributed by atoms with Gasteiger partial charge in [-0.25, -0.2) is 19.2 Å². The van der Waals surface area contributed by atoms with E-state index in [9.17, 15) is 14.0 Å². The number of hydrogen-bond donors (Lipinski definition) is 0. The quantitative estimate of drug-likeness (QED) is 0.415. The third kappa shape index (κ3) is 7.63. The van der Waals surface area contributed by atoms with Crippen LogP contribution in [0.3, 0.4) is 0 Å². The standard InChI is InChI=1S/C28H36FN3O6/c1-18(2)36-28(34)32-12-10-23(11-13-32)37-26-19(3)27(31-17-30-26)38-25-9-6-20(16-24(25)29)15-21(33)7-8-22-5-4-14-35-22/h6,9,16-18,22-23H,4-5,7-8,10-15H2,1-3H3. The van der Waals surface area contributed by atoms with Crippen molar-refractivity contribution >= 4 is 11.9 Å². The maximum Gasteiger partial charge on any atom is 0.410 e. The van der Waals surface area contributed by atoms with Crippen molar-refractivity contribution in [3.05, 3.63) is 41.5 Å². The van der Waals surface area contributed by atoms with Crippen LogP contribution in [0.25, 0.3) is 0 Å². The highest BCUT2D eigenvalue weighted by atomic mass is 19.1. The van der Waals surface area contributed by atoms with Crippen molar-refractivity contribution in [3.8, 4) is 17.5 Å². The normalized spacial score (nSPS) is 18.0. The smallest absolute Gasteiger partial charge is 0.410 e. The molecule has 2 aliphatic rings. The molecular formula is C28H36FN3O6. The van der Waals surface area contributed by atoms with Crippen LogP contribution < -0.4 is 9.47 Å². The van der Waals surface area contributed by atoms with Gasteiger partial charge in [-0.1, -0.05) is 6.07 Å². The number of Topliss-reactive ketones (excluding diaryl/α,β-unsaturated/α-hetero) is 1. The van der Waals surface area contributed by atoms with Gasteiger partial charge in [-0.15, -0.1) is 0 Å². The van der Waals surface area contributed by atoms with Crippen LogP contribution in [0, 0.1) is 12.7 Å². The molecule has 1 aromatic carbocycles. The Labute approximate surface area is 222 Å². The Bertz CT molecular complexity index is 1110. The minimum absolute atomic E-state index is 0.00489. The fraction of sp³-hybridized carbons (Fsp3) is 0.571. The first-order valence-electron chi connectivity index (χ1n) is 13.3. The van der Waals surface area contributed by atoms with E-state index in [2.05, 4.69) is 9.97 Å². The first-order valence-corrected chi connectivity index (χ1v) is 13.3. The van der Waals surface area contributed by atoms with Crippen molar-refractivity contribution in [1.82, 2.24) is 14.9 Å². The van der Waals surface area contributed by atoms with Crippen molar-refractivity contribution in [3.63, 3.8) is 0 Å². The molecule has 0 spiro atoms. The number of piperidine rings is 1. The second kappa shape index (κ2) is 13.0. The summed E-state index contributed by atoms with van der Waals surface area (Å²) in [6.45, 7) is 7.21. The Morgan fingerprint density at radius 3 is 2.61 bits per heavy atom. The van der Waals surface area contributed by atoms with Gasteiger partial charge in [-0.2, -0.15) is 0 Å². The minimum Gasteiger partial charge on any atom is -0.474 e. The average Bonchev–Trinajstić information content (AvgIpc) is 3.40. The number of halogens is 1. The zero-order chi connectivity index (χ0) is 27.1. The Kier molecular flexibility index (Phi) is 9.49. The topological polar surface area (TPSA) is 100 Å². The number of aromatic nitrogens is 2. The molecule has 2 aliphatic heterocycles. The third-order valence-corrected chi connectivity index (χ3v) is 6.68. The van der Waals surface area contributed by atoms with Crippen LogP contribution in [-0.2, 0) is 20.7 Å². The SMILES string of the molecule is Cc1c(Oc2ccc(CC(=O)CCC3CCCO3)cc2F)ncnc1OC1CCN(C(=O)OC(C)C)CC1. The molecule has 1 amide bonds. The number of hydrogen-bond acceptors (Lipinski definition) is 8. The minimum atomic E-state index is -0.574. The number of ether oxygens (including phenoxy) is 4. The summed E-state index contributed by atoms with van der Waals surface area (Å²) in [4.78, 5) is 34.5. The molecule has 0 bridgehead atoms. The van der Waals surface area contributed by atoms with Crippen LogP contribution >= 0.6 is 0 Å². The Balaban J connectivity index is 1.31. The maximum atomic E-state index is 14.8. The predicted molar refractivity (Wildman–Crippen MR) is 137 cm³/mol. The molecule has 0 aliphatic carbocycles. The van der Waals surface area contributed by atoms with Crippen molar-refractivity contribution in [2.24, 2.45) is 0 Å². The van der Waals surface area contributed by atoms with Crippen molar-refractivity contribution in [2.75, 3.05) is 19.7 Å². The van der Waals surface area contributed by atoms with Crippen molar-refractivity contribution in [2.45, 2.75) is 84.0 Å². The van der Waals surface area contributed by atoms with Gasteiger partial charge < -0.3 is 23.8 Å². The zero-order valence-corrected chi connectivity index (χ0v) is 22.3. The average molecular weight is 530 g/mol. The lowest BCUT2D eigenvalue weighted by Gasteiger charge is -2.31. The second-order valence-electron chi connectivity index (χ2n) is 10.1. The molecule has 2 saturated heterocycles. The van der Waals surface area contributed by atoms with Crippen LogP contribution in [0.4, 0.5) is 9.18 Å². The summed E-state index contributed by atoms with van der Waals surface area (Å²) in [6, 6.07) is 4.52. The summed E-state index contributed by atoms with van der Waals surface area (Å²) >= 11 is 0. The molecule has 2 fully saturated rings. The van der Waals surface area contributed by atoms with Gasteiger partial charge in [0.25, 0.3) is 0 Å². The molecule has 1 unspecified atom stereocenters. The molecule has 9 nitrogen and oxygen atoms in total. The van der Waals surface area contributed by atoms with Crippen molar-refractivity contribution < 1.29 is 32.9 Å². The molecule has 38 heavy (non-hydrogen) atoms. The summed E-state index contributed by atoms with van der Waals surface area (Å²) in [5.74, 6) is 0.0322. The number of benzene rings is 1. The molecule has 206 valence electrons. The summed E-state index contributed by atoms with van der Waals surface area (Å²) < 4.78 is 37.5. The van der Waals surface area contributed by atoms with Gasteiger partial charge >= 0.3 is 6.09 Å². The van der Waals surface area contributed by atoms with E-state index < -0.39 is 5.82 Å². The summed E-state index contributed by atoms with van der Waals surface area (Å²) in [5.41, 5.74) is 1.14. The largest absolute Gasteiger partial charge is 0.474 e. The lowest BCUT2D eigenvalue weighted by molar-refractivity contribution is -0.119. The first kappa shape index (κ1) is 27.8. The highest BCUT2D eigenvalue weighted by molar-refractivity contribution is 5.80. The molecular weight excluding hydrogens is 493 g/mol. The van der Waals surface area contributed by atoms with Gasteiger partial charge in [0.15, 0.2) is 11.6 Å². The zero-order valence-electron chi connectivity index (χ0n) is 22.3. The number of carbonyl (C=O) groups excluding carboxylic acids is 2. The summed E-state index contributed by atoms with van der Waals surface area (Å²) in [5, 5.41) is 0. The van der Waals surface area contributed by atoms with Gasteiger partial charge in [-0.05, 0) is 57.7 Å². The molecule has 3 heterocycles. The van der Waals surface area contributed by atoms with Crippen molar-refractivity contribution in [1.29, 1.82) is 0 Å². The van der Waals surface area contributed by atoms with E-state index >= 15 is 0 Å². The van der Waals surface area contributed by atoms with E-state index in [0.29, 0.717) is 55.8 Å². The Morgan fingerprint density at radius 2 is 1.92 bits per heavy atom. The fourth-order valence-corrected chi connectivity index (χ4v) is 4.58. The van der Waals surface area contributed by atoms with Gasteiger partial charge in [0.1, 0.15) is 18.2 Å². The van der Waals surface area contributed by atoms with E-state index in [1.807, 2.05) is 13.8 Å². The van der Waals surface area contributed by atoms with Crippen LogP contribution in [-0.4, -0.2) is 64.8 Å². The van der Waals surface area contributed by atoms with Gasteiger partial charge in [0.2, 0.25) is 11.8 Å². The second-order valence-corrected chi connectivity index (χ2v) is 10.1. The summed E-state index contributed by atoms with van der Waals surface area (Å²) in [7, 11) is 0. The molecule has 2 aromatic rings. The van der Waals surface area contributed by atoms with E-state index in [4.69, 9.17) is 18.9 Å². The van der Waals surface area contributed by atoms with Crippen LogP contribution in [0.1, 0.15) is 63.5 Å². The highest BCUT2D eigenvalue weighted by Gasteiger charge is 2.26. The van der Waals surface area contributed by atoms with E-state index in [0.717, 1.165) is 19.4 Å². The molecule has 0 N–H and O–H groups in total. The number of carbonyl (C=O) groups is 2. The van der Waals surface area contributed by atoms with Crippen LogP contribution in [0.2, 0.25) is 0 Å². The third-order valence-electron chi connectivity index (χ3n) is 6.68. The molecule has 0 radical (unpaired) electrons. The lowest BCUT2D eigenvalue weighted by atomic mass is 10.0. The summed E-state index contributed by atoms with van der Waals surface area (Å²) in [6.07, 6.45) is 5.48. The maximum absolute atomic E-state index is 14.8.